The maximum Gasteiger partial charge on any atom is 0.227 e. The van der Waals surface area contributed by atoms with Crippen molar-refractivity contribution >= 4 is 5.91 Å². The van der Waals surface area contributed by atoms with E-state index in [4.69, 9.17) is 9.47 Å². The molecule has 2 aromatic carbocycles. The van der Waals surface area contributed by atoms with Gasteiger partial charge in [0.25, 0.3) is 0 Å². The summed E-state index contributed by atoms with van der Waals surface area (Å²) in [5, 5.41) is 0. The standard InChI is InChI=1S/C25H27N3O3/c1-18-6-3-4-7-19(18)13-24(29)27-11-10-25(16-27)17-28-22(14-26-23(28)15-31-25)20-8-5-9-21(12-20)30-2/h3-9,12,14H,10-11,13,15-17H2,1-2H3/t25-/m1/s1. The lowest BCUT2D eigenvalue weighted by atomic mass is 10.0. The van der Waals surface area contributed by atoms with E-state index in [0.717, 1.165) is 46.9 Å². The van der Waals surface area contributed by atoms with Crippen LogP contribution in [0.2, 0.25) is 0 Å². The van der Waals surface area contributed by atoms with Crippen LogP contribution in [-0.2, 0) is 29.1 Å². The van der Waals surface area contributed by atoms with Crippen molar-refractivity contribution in [2.24, 2.45) is 0 Å². The largest absolute Gasteiger partial charge is 0.497 e. The minimum atomic E-state index is -0.358. The number of fused-ring (bicyclic) bond motifs is 1. The third kappa shape index (κ3) is 3.72. The van der Waals surface area contributed by atoms with Crippen LogP contribution in [0.15, 0.2) is 54.7 Å². The number of methoxy groups -OCH3 is 1. The molecule has 2 aliphatic rings. The molecule has 31 heavy (non-hydrogen) atoms. The van der Waals surface area contributed by atoms with Crippen molar-refractivity contribution in [2.75, 3.05) is 20.2 Å². The normalized spacial score (nSPS) is 20.1. The second-order valence-corrected chi connectivity index (χ2v) is 8.52. The highest BCUT2D eigenvalue weighted by atomic mass is 16.5. The summed E-state index contributed by atoms with van der Waals surface area (Å²) in [6.45, 7) is 4.56. The number of ether oxygens (including phenoxy) is 2. The van der Waals surface area contributed by atoms with E-state index in [9.17, 15) is 4.79 Å². The van der Waals surface area contributed by atoms with Crippen LogP contribution >= 0.6 is 0 Å². The zero-order valence-electron chi connectivity index (χ0n) is 18.0. The van der Waals surface area contributed by atoms with Crippen molar-refractivity contribution < 1.29 is 14.3 Å². The number of likely N-dealkylation sites (tertiary alicyclic amines) is 1. The molecule has 1 saturated heterocycles. The Hall–Kier alpha value is -3.12. The number of aromatic nitrogens is 2. The fourth-order valence-electron chi connectivity index (χ4n) is 4.66. The van der Waals surface area contributed by atoms with Gasteiger partial charge in [0.15, 0.2) is 0 Å². The van der Waals surface area contributed by atoms with Gasteiger partial charge in [-0.2, -0.15) is 0 Å². The van der Waals surface area contributed by atoms with Crippen LogP contribution in [0.1, 0.15) is 23.4 Å². The predicted molar refractivity (Wildman–Crippen MR) is 118 cm³/mol. The Kier molecular flexibility index (Phi) is 5.02. The van der Waals surface area contributed by atoms with Crippen LogP contribution in [0.5, 0.6) is 5.75 Å². The summed E-state index contributed by atoms with van der Waals surface area (Å²) in [7, 11) is 1.68. The molecule has 160 valence electrons. The summed E-state index contributed by atoms with van der Waals surface area (Å²) >= 11 is 0. The maximum absolute atomic E-state index is 13.0. The molecular weight excluding hydrogens is 390 g/mol. The number of hydrogen-bond acceptors (Lipinski definition) is 4. The molecule has 1 atom stereocenters. The summed E-state index contributed by atoms with van der Waals surface area (Å²) in [6, 6.07) is 16.1. The third-order valence-electron chi connectivity index (χ3n) is 6.53. The average molecular weight is 418 g/mol. The fraction of sp³-hybridized carbons (Fsp3) is 0.360. The molecule has 0 aliphatic carbocycles. The number of benzene rings is 2. The van der Waals surface area contributed by atoms with Gasteiger partial charge in [0.05, 0.1) is 38.5 Å². The molecule has 0 unspecified atom stereocenters. The maximum atomic E-state index is 13.0. The Balaban J connectivity index is 1.34. The first-order valence-electron chi connectivity index (χ1n) is 10.7. The Morgan fingerprint density at radius 2 is 2.06 bits per heavy atom. The quantitative estimate of drug-likeness (QED) is 0.651. The van der Waals surface area contributed by atoms with Crippen LogP contribution in [0.25, 0.3) is 11.3 Å². The van der Waals surface area contributed by atoms with Crippen molar-refractivity contribution in [3.8, 4) is 17.0 Å². The van der Waals surface area contributed by atoms with Gasteiger partial charge in [-0.3, -0.25) is 4.79 Å². The first-order valence-corrected chi connectivity index (χ1v) is 10.7. The Bertz CT molecular complexity index is 1120. The lowest BCUT2D eigenvalue weighted by molar-refractivity contribution is -0.132. The lowest BCUT2D eigenvalue weighted by Gasteiger charge is -2.35. The van der Waals surface area contributed by atoms with Crippen LogP contribution in [0, 0.1) is 6.92 Å². The molecule has 1 spiro atoms. The van der Waals surface area contributed by atoms with Crippen molar-refractivity contribution in [3.05, 3.63) is 71.7 Å². The number of carbonyl (C=O) groups is 1. The van der Waals surface area contributed by atoms with Gasteiger partial charge < -0.3 is 18.9 Å². The third-order valence-corrected chi connectivity index (χ3v) is 6.53. The van der Waals surface area contributed by atoms with Gasteiger partial charge in [-0.1, -0.05) is 36.4 Å². The minimum absolute atomic E-state index is 0.166. The van der Waals surface area contributed by atoms with Crippen molar-refractivity contribution in [1.29, 1.82) is 0 Å². The first-order chi connectivity index (χ1) is 15.1. The molecular formula is C25H27N3O3. The fourth-order valence-corrected chi connectivity index (χ4v) is 4.66. The van der Waals surface area contributed by atoms with E-state index in [1.165, 1.54) is 0 Å². The molecule has 3 aromatic rings. The Morgan fingerprint density at radius 3 is 2.90 bits per heavy atom. The van der Waals surface area contributed by atoms with Crippen LogP contribution < -0.4 is 4.74 Å². The Labute approximate surface area is 182 Å². The molecule has 6 heteroatoms. The average Bonchev–Trinajstić information content (AvgIpc) is 3.40. The van der Waals surface area contributed by atoms with Gasteiger partial charge in [0.1, 0.15) is 23.8 Å². The number of aryl methyl sites for hydroxylation is 1. The van der Waals surface area contributed by atoms with Gasteiger partial charge >= 0.3 is 0 Å². The molecule has 0 saturated carbocycles. The summed E-state index contributed by atoms with van der Waals surface area (Å²) in [4.78, 5) is 19.5. The molecule has 0 radical (unpaired) electrons. The first kappa shape index (κ1) is 19.8. The lowest BCUT2D eigenvalue weighted by Crippen LogP contribution is -2.45. The molecule has 2 aliphatic heterocycles. The monoisotopic (exact) mass is 417 g/mol. The number of imidazole rings is 1. The number of nitrogens with zero attached hydrogens (tertiary/aromatic N) is 3. The van der Waals surface area contributed by atoms with E-state index in [2.05, 4.69) is 28.6 Å². The van der Waals surface area contributed by atoms with Crippen LogP contribution in [0.4, 0.5) is 0 Å². The van der Waals surface area contributed by atoms with E-state index >= 15 is 0 Å². The van der Waals surface area contributed by atoms with Crippen molar-refractivity contribution in [1.82, 2.24) is 14.5 Å². The van der Waals surface area contributed by atoms with Crippen molar-refractivity contribution in [2.45, 2.75) is 38.5 Å². The molecule has 0 bridgehead atoms. The highest BCUT2D eigenvalue weighted by Crippen LogP contribution is 2.36. The van der Waals surface area contributed by atoms with Gasteiger partial charge in [-0.05, 0) is 36.6 Å². The van der Waals surface area contributed by atoms with Crippen molar-refractivity contribution in [3.63, 3.8) is 0 Å². The van der Waals surface area contributed by atoms with Gasteiger partial charge in [-0.15, -0.1) is 0 Å². The number of hydrogen-bond donors (Lipinski definition) is 0. The minimum Gasteiger partial charge on any atom is -0.497 e. The second-order valence-electron chi connectivity index (χ2n) is 8.52. The smallest absolute Gasteiger partial charge is 0.227 e. The topological polar surface area (TPSA) is 56.6 Å². The SMILES string of the molecule is COc1cccc(-c2cnc3n2C[C@]2(CCN(C(=O)Cc4ccccc4C)C2)OC3)c1. The zero-order chi connectivity index (χ0) is 21.4. The summed E-state index contributed by atoms with van der Waals surface area (Å²) < 4.78 is 13.9. The molecule has 6 nitrogen and oxygen atoms in total. The van der Waals surface area contributed by atoms with Gasteiger partial charge in [-0.25, -0.2) is 4.98 Å². The Morgan fingerprint density at radius 1 is 1.19 bits per heavy atom. The second kappa shape index (κ2) is 7.85. The number of rotatable bonds is 4. The molecule has 0 N–H and O–H groups in total. The molecule has 1 fully saturated rings. The molecule has 5 rings (SSSR count). The molecule has 1 amide bonds. The predicted octanol–water partition coefficient (Wildman–Crippen LogP) is 3.61. The van der Waals surface area contributed by atoms with E-state index in [1.807, 2.05) is 47.5 Å². The summed E-state index contributed by atoms with van der Waals surface area (Å²) in [5.74, 6) is 1.91. The summed E-state index contributed by atoms with van der Waals surface area (Å²) in [6.07, 6.45) is 3.18. The molecule has 3 heterocycles. The van der Waals surface area contributed by atoms with E-state index in [-0.39, 0.29) is 11.5 Å². The highest BCUT2D eigenvalue weighted by molar-refractivity contribution is 5.79. The van der Waals surface area contributed by atoms with Gasteiger partial charge in [0, 0.05) is 12.1 Å². The number of carbonyl (C=O) groups excluding carboxylic acids is 1. The zero-order valence-corrected chi connectivity index (χ0v) is 18.0. The highest BCUT2D eigenvalue weighted by Gasteiger charge is 2.44. The van der Waals surface area contributed by atoms with Crippen LogP contribution in [0.3, 0.4) is 0 Å². The molecule has 1 aromatic heterocycles. The van der Waals surface area contributed by atoms with Gasteiger partial charge in [0.2, 0.25) is 5.91 Å². The van der Waals surface area contributed by atoms with Crippen LogP contribution in [-0.4, -0.2) is 46.2 Å². The van der Waals surface area contributed by atoms with E-state index < -0.39 is 0 Å². The van der Waals surface area contributed by atoms with E-state index in [0.29, 0.717) is 26.1 Å². The van der Waals surface area contributed by atoms with E-state index in [1.54, 1.807) is 7.11 Å². The number of amides is 1. The summed E-state index contributed by atoms with van der Waals surface area (Å²) in [5.41, 5.74) is 4.02.